The summed E-state index contributed by atoms with van der Waals surface area (Å²) in [4.78, 5) is 5.14. The molecule has 0 aliphatic heterocycles. The van der Waals surface area contributed by atoms with E-state index in [-0.39, 0.29) is 0 Å². The fourth-order valence-corrected chi connectivity index (χ4v) is 2.83. The van der Waals surface area contributed by atoms with Crippen molar-refractivity contribution in [2.75, 3.05) is 17.2 Å². The number of halogens is 2. The zero-order chi connectivity index (χ0) is 13.0. The van der Waals surface area contributed by atoms with Gasteiger partial charge >= 0.3 is 0 Å². The van der Waals surface area contributed by atoms with Crippen LogP contribution in [0.1, 0.15) is 11.8 Å². The van der Waals surface area contributed by atoms with Crippen LogP contribution in [0.2, 0.25) is 4.47 Å². The van der Waals surface area contributed by atoms with Gasteiger partial charge in [-0.3, -0.25) is 0 Å². The quantitative estimate of drug-likeness (QED) is 0.830. The molecule has 0 unspecified atom stereocenters. The van der Waals surface area contributed by atoms with Gasteiger partial charge in [-0.2, -0.15) is 0 Å². The molecule has 1 aromatic carbocycles. The van der Waals surface area contributed by atoms with E-state index in [0.717, 1.165) is 33.8 Å². The molecule has 2 N–H and O–H groups in total. The standard InChI is InChI=1S/C12H13BrClN3S/c1-2-15-10-4-3-8(13)5-11(10)16-6-9-7-17-12(14)18-9/h3-5,7,15-16H,2,6H2,1H3. The first-order chi connectivity index (χ1) is 8.69. The van der Waals surface area contributed by atoms with Crippen LogP contribution in [0.25, 0.3) is 0 Å². The summed E-state index contributed by atoms with van der Waals surface area (Å²) in [6, 6.07) is 6.13. The Bertz CT molecular complexity index is 530. The number of hydrogen-bond donors (Lipinski definition) is 2. The number of thiazole rings is 1. The average molecular weight is 347 g/mol. The first-order valence-corrected chi connectivity index (χ1v) is 7.55. The molecule has 0 radical (unpaired) electrons. The maximum absolute atomic E-state index is 5.81. The van der Waals surface area contributed by atoms with Crippen LogP contribution >= 0.6 is 38.9 Å². The zero-order valence-electron chi connectivity index (χ0n) is 9.84. The predicted molar refractivity (Wildman–Crippen MR) is 82.8 cm³/mol. The van der Waals surface area contributed by atoms with Crippen molar-refractivity contribution in [1.29, 1.82) is 0 Å². The van der Waals surface area contributed by atoms with Crippen LogP contribution < -0.4 is 10.6 Å². The summed E-state index contributed by atoms with van der Waals surface area (Å²) in [6.07, 6.45) is 1.80. The largest absolute Gasteiger partial charge is 0.384 e. The predicted octanol–water partition coefficient (Wildman–Crippen LogP) is 4.60. The van der Waals surface area contributed by atoms with E-state index in [2.05, 4.69) is 50.6 Å². The molecule has 0 fully saturated rings. The third kappa shape index (κ3) is 3.60. The lowest BCUT2D eigenvalue weighted by Gasteiger charge is -2.12. The molecule has 6 heteroatoms. The number of hydrogen-bond acceptors (Lipinski definition) is 4. The van der Waals surface area contributed by atoms with Crippen LogP contribution in [0.3, 0.4) is 0 Å². The van der Waals surface area contributed by atoms with Crippen molar-refractivity contribution >= 4 is 50.2 Å². The fourth-order valence-electron chi connectivity index (χ4n) is 1.56. The van der Waals surface area contributed by atoms with Crippen LogP contribution in [-0.4, -0.2) is 11.5 Å². The smallest absolute Gasteiger partial charge is 0.183 e. The molecule has 0 bridgehead atoms. The number of nitrogens with one attached hydrogen (secondary N) is 2. The van der Waals surface area contributed by atoms with E-state index in [9.17, 15) is 0 Å². The Hall–Kier alpha value is -0.780. The summed E-state index contributed by atoms with van der Waals surface area (Å²) in [7, 11) is 0. The van der Waals surface area contributed by atoms with Crippen LogP contribution in [0.5, 0.6) is 0 Å². The first kappa shape index (κ1) is 13.6. The molecule has 1 heterocycles. The molecule has 18 heavy (non-hydrogen) atoms. The van der Waals surface area contributed by atoms with E-state index >= 15 is 0 Å². The molecule has 1 aromatic heterocycles. The van der Waals surface area contributed by atoms with Crippen LogP contribution in [-0.2, 0) is 6.54 Å². The van der Waals surface area contributed by atoms with Crippen LogP contribution in [0.4, 0.5) is 11.4 Å². The van der Waals surface area contributed by atoms with Gasteiger partial charge in [0.1, 0.15) is 0 Å². The van der Waals surface area contributed by atoms with Gasteiger partial charge in [0.2, 0.25) is 0 Å². The minimum absolute atomic E-state index is 0.577. The van der Waals surface area contributed by atoms with Gasteiger partial charge < -0.3 is 10.6 Å². The second-order valence-electron chi connectivity index (χ2n) is 3.65. The molecular weight excluding hydrogens is 334 g/mol. The van der Waals surface area contributed by atoms with Crippen molar-refractivity contribution in [1.82, 2.24) is 4.98 Å². The number of nitrogens with zero attached hydrogens (tertiary/aromatic N) is 1. The Morgan fingerprint density at radius 2 is 2.17 bits per heavy atom. The first-order valence-electron chi connectivity index (χ1n) is 5.56. The molecule has 0 saturated carbocycles. The molecule has 0 saturated heterocycles. The molecule has 0 aliphatic carbocycles. The number of benzene rings is 1. The van der Waals surface area contributed by atoms with Crippen molar-refractivity contribution in [2.24, 2.45) is 0 Å². The van der Waals surface area contributed by atoms with Crippen LogP contribution in [0.15, 0.2) is 28.9 Å². The highest BCUT2D eigenvalue weighted by Crippen LogP contribution is 2.27. The lowest BCUT2D eigenvalue weighted by molar-refractivity contribution is 1.16. The van der Waals surface area contributed by atoms with Gasteiger partial charge in [-0.1, -0.05) is 27.5 Å². The van der Waals surface area contributed by atoms with Gasteiger partial charge in [0.05, 0.1) is 17.9 Å². The van der Waals surface area contributed by atoms with Crippen molar-refractivity contribution in [3.05, 3.63) is 38.2 Å². The summed E-state index contributed by atoms with van der Waals surface area (Å²) >= 11 is 10.8. The van der Waals surface area contributed by atoms with E-state index in [1.54, 1.807) is 6.20 Å². The Morgan fingerprint density at radius 3 is 2.83 bits per heavy atom. The normalized spacial score (nSPS) is 10.4. The van der Waals surface area contributed by atoms with E-state index in [1.807, 2.05) is 6.07 Å². The van der Waals surface area contributed by atoms with E-state index in [0.29, 0.717) is 4.47 Å². The number of aromatic nitrogens is 1. The van der Waals surface area contributed by atoms with E-state index < -0.39 is 0 Å². The highest BCUT2D eigenvalue weighted by molar-refractivity contribution is 9.10. The molecule has 0 aliphatic rings. The second kappa shape index (κ2) is 6.41. The van der Waals surface area contributed by atoms with Gasteiger partial charge in [-0.15, -0.1) is 11.3 Å². The van der Waals surface area contributed by atoms with Crippen molar-refractivity contribution in [2.45, 2.75) is 13.5 Å². The van der Waals surface area contributed by atoms with Gasteiger partial charge in [-0.05, 0) is 25.1 Å². The summed E-state index contributed by atoms with van der Waals surface area (Å²) in [5.74, 6) is 0. The molecule has 0 atom stereocenters. The minimum atomic E-state index is 0.577. The van der Waals surface area contributed by atoms with Crippen molar-refractivity contribution in [3.63, 3.8) is 0 Å². The molecule has 3 nitrogen and oxygen atoms in total. The summed E-state index contributed by atoms with van der Waals surface area (Å²) < 4.78 is 1.63. The Balaban J connectivity index is 2.09. The molecule has 2 rings (SSSR count). The molecular formula is C12H13BrClN3S. The minimum Gasteiger partial charge on any atom is -0.384 e. The SMILES string of the molecule is CCNc1ccc(Br)cc1NCc1cnc(Cl)s1. The summed E-state index contributed by atoms with van der Waals surface area (Å²) in [5.41, 5.74) is 2.16. The lowest BCUT2D eigenvalue weighted by atomic mass is 10.2. The summed E-state index contributed by atoms with van der Waals surface area (Å²) in [5, 5.41) is 6.71. The fraction of sp³-hybridized carbons (Fsp3) is 0.250. The molecule has 0 amide bonds. The van der Waals surface area contributed by atoms with Gasteiger partial charge in [0, 0.05) is 22.1 Å². The summed E-state index contributed by atoms with van der Waals surface area (Å²) in [6.45, 7) is 3.69. The molecule has 0 spiro atoms. The molecule has 2 aromatic rings. The molecule has 96 valence electrons. The number of rotatable bonds is 5. The third-order valence-electron chi connectivity index (χ3n) is 2.33. The van der Waals surface area contributed by atoms with Crippen molar-refractivity contribution in [3.8, 4) is 0 Å². The third-order valence-corrected chi connectivity index (χ3v) is 3.94. The number of anilines is 2. The Kier molecular flexibility index (Phi) is 4.86. The maximum atomic E-state index is 5.81. The van der Waals surface area contributed by atoms with Crippen LogP contribution in [0, 0.1) is 0 Å². The van der Waals surface area contributed by atoms with E-state index in [1.165, 1.54) is 11.3 Å². The highest BCUT2D eigenvalue weighted by atomic mass is 79.9. The maximum Gasteiger partial charge on any atom is 0.183 e. The topological polar surface area (TPSA) is 37.0 Å². The van der Waals surface area contributed by atoms with Gasteiger partial charge in [0.25, 0.3) is 0 Å². The second-order valence-corrected chi connectivity index (χ2v) is 6.27. The van der Waals surface area contributed by atoms with Gasteiger partial charge in [0.15, 0.2) is 4.47 Å². The Labute approximate surface area is 124 Å². The Morgan fingerprint density at radius 1 is 1.33 bits per heavy atom. The lowest BCUT2D eigenvalue weighted by Crippen LogP contribution is -2.04. The van der Waals surface area contributed by atoms with Crippen molar-refractivity contribution < 1.29 is 0 Å². The zero-order valence-corrected chi connectivity index (χ0v) is 13.0. The van der Waals surface area contributed by atoms with Gasteiger partial charge in [-0.25, -0.2) is 4.98 Å². The average Bonchev–Trinajstić information content (AvgIpc) is 2.76. The van der Waals surface area contributed by atoms with E-state index in [4.69, 9.17) is 11.6 Å². The highest BCUT2D eigenvalue weighted by Gasteiger charge is 2.04. The monoisotopic (exact) mass is 345 g/mol.